The van der Waals surface area contributed by atoms with Gasteiger partial charge in [0.25, 0.3) is 0 Å². The molecular formula is C18H24FN3. The van der Waals surface area contributed by atoms with E-state index < -0.39 is 0 Å². The van der Waals surface area contributed by atoms with E-state index in [2.05, 4.69) is 17.9 Å². The summed E-state index contributed by atoms with van der Waals surface area (Å²) in [5, 5.41) is 1.61. The van der Waals surface area contributed by atoms with Gasteiger partial charge in [0.05, 0.1) is 11.4 Å². The van der Waals surface area contributed by atoms with Crippen LogP contribution in [0.25, 0.3) is 0 Å². The summed E-state index contributed by atoms with van der Waals surface area (Å²) in [5.74, 6) is 5.80. The van der Waals surface area contributed by atoms with Crippen LogP contribution in [-0.2, 0) is 13.0 Å². The van der Waals surface area contributed by atoms with E-state index in [0.29, 0.717) is 6.54 Å². The molecular weight excluding hydrogens is 277 g/mol. The average Bonchev–Trinajstić information content (AvgIpc) is 2.49. The van der Waals surface area contributed by atoms with E-state index in [1.807, 2.05) is 39.2 Å². The van der Waals surface area contributed by atoms with Crippen LogP contribution in [0.5, 0.6) is 0 Å². The van der Waals surface area contributed by atoms with Crippen LogP contribution in [0.4, 0.5) is 15.8 Å². The molecule has 0 aliphatic heterocycles. The molecule has 0 aliphatic rings. The highest BCUT2D eigenvalue weighted by Crippen LogP contribution is 2.32. The summed E-state index contributed by atoms with van der Waals surface area (Å²) in [7, 11) is 3.80. The van der Waals surface area contributed by atoms with Crippen molar-refractivity contribution in [3.8, 4) is 0 Å². The Morgan fingerprint density at radius 1 is 1.09 bits per heavy atom. The van der Waals surface area contributed by atoms with E-state index in [4.69, 9.17) is 5.84 Å². The molecule has 0 heterocycles. The van der Waals surface area contributed by atoms with E-state index in [1.165, 1.54) is 11.6 Å². The molecule has 0 bridgehead atoms. The standard InChI is InChI=1S/C18H24FN3/c1-5-14-9-7-11-17(22(4)20)18(14)21(3)12-15-13(2)8-6-10-16(15)19/h6-11H,5,12,20H2,1-4H3. The summed E-state index contributed by atoms with van der Waals surface area (Å²) < 4.78 is 14.1. The molecule has 0 saturated heterocycles. The Balaban J connectivity index is 2.43. The number of benzene rings is 2. The maximum absolute atomic E-state index is 14.1. The second-order valence-electron chi connectivity index (χ2n) is 5.64. The molecule has 0 fully saturated rings. The molecule has 0 amide bonds. The summed E-state index contributed by atoms with van der Waals surface area (Å²) in [6.45, 7) is 4.56. The van der Waals surface area contributed by atoms with E-state index in [1.54, 1.807) is 11.1 Å². The monoisotopic (exact) mass is 301 g/mol. The van der Waals surface area contributed by atoms with Crippen molar-refractivity contribution in [3.05, 3.63) is 58.9 Å². The Morgan fingerprint density at radius 2 is 1.77 bits per heavy atom. The zero-order chi connectivity index (χ0) is 16.3. The second-order valence-corrected chi connectivity index (χ2v) is 5.64. The van der Waals surface area contributed by atoms with Crippen molar-refractivity contribution in [1.29, 1.82) is 0 Å². The van der Waals surface area contributed by atoms with Crippen LogP contribution in [-0.4, -0.2) is 14.1 Å². The van der Waals surface area contributed by atoms with Gasteiger partial charge in [0, 0.05) is 26.2 Å². The van der Waals surface area contributed by atoms with Gasteiger partial charge in [0.2, 0.25) is 0 Å². The largest absolute Gasteiger partial charge is 0.368 e. The molecule has 22 heavy (non-hydrogen) atoms. The fraction of sp³-hybridized carbons (Fsp3) is 0.333. The van der Waals surface area contributed by atoms with Gasteiger partial charge in [-0.05, 0) is 36.6 Å². The Kier molecular flexibility index (Phi) is 5.03. The van der Waals surface area contributed by atoms with Crippen LogP contribution in [0.3, 0.4) is 0 Å². The van der Waals surface area contributed by atoms with Crippen molar-refractivity contribution in [2.75, 3.05) is 24.0 Å². The molecule has 0 saturated carbocycles. The minimum Gasteiger partial charge on any atom is -0.368 e. The molecule has 2 N–H and O–H groups in total. The lowest BCUT2D eigenvalue weighted by Crippen LogP contribution is -2.29. The smallest absolute Gasteiger partial charge is 0.128 e. The van der Waals surface area contributed by atoms with Gasteiger partial charge in [-0.3, -0.25) is 0 Å². The maximum atomic E-state index is 14.1. The maximum Gasteiger partial charge on any atom is 0.128 e. The van der Waals surface area contributed by atoms with Crippen LogP contribution < -0.4 is 15.8 Å². The molecule has 0 spiro atoms. The molecule has 0 unspecified atom stereocenters. The Morgan fingerprint density at radius 3 is 2.36 bits per heavy atom. The minimum atomic E-state index is -0.163. The minimum absolute atomic E-state index is 0.163. The number of hydrazine groups is 1. The summed E-state index contributed by atoms with van der Waals surface area (Å²) in [6.07, 6.45) is 0.900. The van der Waals surface area contributed by atoms with Crippen LogP contribution in [0, 0.1) is 12.7 Å². The van der Waals surface area contributed by atoms with E-state index >= 15 is 0 Å². The van der Waals surface area contributed by atoms with Crippen LogP contribution in [0.1, 0.15) is 23.6 Å². The summed E-state index contributed by atoms with van der Waals surface area (Å²) in [6, 6.07) is 11.3. The molecule has 3 nitrogen and oxygen atoms in total. The Hall–Kier alpha value is -2.07. The molecule has 0 aromatic heterocycles. The number of nitrogens with zero attached hydrogens (tertiary/aromatic N) is 2. The molecule has 118 valence electrons. The predicted octanol–water partition coefficient (Wildman–Crippen LogP) is 3.64. The van der Waals surface area contributed by atoms with E-state index in [9.17, 15) is 4.39 Å². The molecule has 2 aromatic carbocycles. The first kappa shape index (κ1) is 16.3. The van der Waals surface area contributed by atoms with Gasteiger partial charge in [-0.15, -0.1) is 0 Å². The lowest BCUT2D eigenvalue weighted by atomic mass is 10.0. The van der Waals surface area contributed by atoms with Crippen molar-refractivity contribution in [2.24, 2.45) is 5.84 Å². The van der Waals surface area contributed by atoms with Gasteiger partial charge in [0.1, 0.15) is 5.82 Å². The number of halogens is 1. The van der Waals surface area contributed by atoms with Gasteiger partial charge < -0.3 is 9.91 Å². The van der Waals surface area contributed by atoms with Gasteiger partial charge in [-0.25, -0.2) is 10.2 Å². The van der Waals surface area contributed by atoms with Crippen LogP contribution in [0.2, 0.25) is 0 Å². The lowest BCUT2D eigenvalue weighted by molar-refractivity contribution is 0.605. The topological polar surface area (TPSA) is 32.5 Å². The highest BCUT2D eigenvalue weighted by atomic mass is 19.1. The number of hydrogen-bond donors (Lipinski definition) is 1. The second kappa shape index (κ2) is 6.79. The third-order valence-electron chi connectivity index (χ3n) is 3.99. The normalized spacial score (nSPS) is 10.6. The highest BCUT2D eigenvalue weighted by Gasteiger charge is 2.16. The molecule has 2 rings (SSSR count). The average molecular weight is 301 g/mol. The lowest BCUT2D eigenvalue weighted by Gasteiger charge is -2.28. The van der Waals surface area contributed by atoms with Gasteiger partial charge in [0.15, 0.2) is 0 Å². The zero-order valence-corrected chi connectivity index (χ0v) is 13.7. The summed E-state index contributed by atoms with van der Waals surface area (Å²) in [5.41, 5.74) is 4.88. The fourth-order valence-electron chi connectivity index (χ4n) is 2.77. The van der Waals surface area contributed by atoms with Crippen molar-refractivity contribution in [1.82, 2.24) is 0 Å². The number of anilines is 2. The summed E-state index contributed by atoms with van der Waals surface area (Å²) in [4.78, 5) is 2.07. The quantitative estimate of drug-likeness (QED) is 0.676. The van der Waals surface area contributed by atoms with Crippen molar-refractivity contribution < 1.29 is 4.39 Å². The predicted molar refractivity (Wildman–Crippen MR) is 91.7 cm³/mol. The van der Waals surface area contributed by atoms with Gasteiger partial charge >= 0.3 is 0 Å². The summed E-state index contributed by atoms with van der Waals surface area (Å²) >= 11 is 0. The molecule has 2 aromatic rings. The number of aryl methyl sites for hydroxylation is 2. The zero-order valence-electron chi connectivity index (χ0n) is 13.7. The molecule has 0 radical (unpaired) electrons. The van der Waals surface area contributed by atoms with Gasteiger partial charge in [-0.1, -0.05) is 31.2 Å². The van der Waals surface area contributed by atoms with Crippen molar-refractivity contribution in [2.45, 2.75) is 26.8 Å². The Bertz CT molecular complexity index is 633. The number of rotatable bonds is 5. The van der Waals surface area contributed by atoms with Crippen molar-refractivity contribution in [3.63, 3.8) is 0 Å². The van der Waals surface area contributed by atoms with Crippen LogP contribution >= 0.6 is 0 Å². The van der Waals surface area contributed by atoms with E-state index in [0.717, 1.165) is 28.9 Å². The van der Waals surface area contributed by atoms with Gasteiger partial charge in [-0.2, -0.15) is 0 Å². The molecule has 0 aliphatic carbocycles. The fourth-order valence-corrected chi connectivity index (χ4v) is 2.77. The highest BCUT2D eigenvalue weighted by molar-refractivity contribution is 5.74. The number of para-hydroxylation sites is 1. The SMILES string of the molecule is CCc1cccc(N(C)N)c1N(C)Cc1c(C)cccc1F. The Labute approximate surface area is 132 Å². The first-order valence-corrected chi connectivity index (χ1v) is 7.51. The van der Waals surface area contributed by atoms with E-state index in [-0.39, 0.29) is 5.82 Å². The first-order valence-electron chi connectivity index (χ1n) is 7.51. The third kappa shape index (κ3) is 3.22. The number of hydrogen-bond acceptors (Lipinski definition) is 3. The van der Waals surface area contributed by atoms with Crippen LogP contribution in [0.15, 0.2) is 36.4 Å². The number of nitrogens with two attached hydrogens (primary N) is 1. The molecule has 0 atom stereocenters. The third-order valence-corrected chi connectivity index (χ3v) is 3.99. The first-order chi connectivity index (χ1) is 10.5. The van der Waals surface area contributed by atoms with Crippen molar-refractivity contribution >= 4 is 11.4 Å². The molecule has 4 heteroatoms.